The first-order chi connectivity index (χ1) is 7.75. The van der Waals surface area contributed by atoms with Gasteiger partial charge in [0.15, 0.2) is 0 Å². The number of nitrogens with zero attached hydrogens (tertiary/aromatic N) is 1. The molecule has 2 rings (SSSR count). The summed E-state index contributed by atoms with van der Waals surface area (Å²) in [6.07, 6.45) is 8.93. The minimum absolute atomic E-state index is 0.0268. The van der Waals surface area contributed by atoms with Crippen LogP contribution in [0.4, 0.5) is 0 Å². The summed E-state index contributed by atoms with van der Waals surface area (Å²) < 4.78 is 0. The van der Waals surface area contributed by atoms with Gasteiger partial charge in [0, 0.05) is 13.1 Å². The average Bonchev–Trinajstić information content (AvgIpc) is 2.55. The highest BCUT2D eigenvalue weighted by molar-refractivity contribution is 6.05. The fourth-order valence-corrected chi connectivity index (χ4v) is 2.33. The molecule has 16 heavy (non-hydrogen) atoms. The van der Waals surface area contributed by atoms with E-state index >= 15 is 0 Å². The molecule has 4 nitrogen and oxygen atoms in total. The molecule has 2 unspecified atom stereocenters. The number of allylic oxidation sites excluding steroid dienone is 2. The highest BCUT2D eigenvalue weighted by atomic mass is 16.2. The molecule has 1 aliphatic heterocycles. The van der Waals surface area contributed by atoms with Crippen LogP contribution in [0.25, 0.3) is 0 Å². The third-order valence-corrected chi connectivity index (χ3v) is 3.19. The van der Waals surface area contributed by atoms with Gasteiger partial charge in [-0.25, -0.2) is 0 Å². The van der Waals surface area contributed by atoms with Crippen LogP contribution in [0, 0.1) is 11.8 Å². The zero-order valence-corrected chi connectivity index (χ0v) is 9.13. The predicted molar refractivity (Wildman–Crippen MR) is 60.3 cm³/mol. The Morgan fingerprint density at radius 2 is 1.75 bits per heavy atom. The maximum atomic E-state index is 12.0. The van der Waals surface area contributed by atoms with Crippen LogP contribution < -0.4 is 5.73 Å². The van der Waals surface area contributed by atoms with Crippen LogP contribution in [0.3, 0.4) is 0 Å². The quantitative estimate of drug-likeness (QED) is 0.555. The molecule has 0 aromatic rings. The Morgan fingerprint density at radius 3 is 2.25 bits per heavy atom. The minimum Gasteiger partial charge on any atom is -0.327 e. The van der Waals surface area contributed by atoms with E-state index in [1.807, 2.05) is 12.2 Å². The molecular weight excluding hydrogens is 204 g/mol. The molecule has 2 atom stereocenters. The summed E-state index contributed by atoms with van der Waals surface area (Å²) in [6.45, 7) is 0.798. The van der Waals surface area contributed by atoms with Crippen molar-refractivity contribution in [3.05, 3.63) is 24.3 Å². The molecule has 0 saturated carbocycles. The molecule has 2 aliphatic rings. The van der Waals surface area contributed by atoms with Crippen molar-refractivity contribution in [2.75, 3.05) is 13.1 Å². The summed E-state index contributed by atoms with van der Waals surface area (Å²) in [5.41, 5.74) is 5.31. The van der Waals surface area contributed by atoms with Crippen LogP contribution in [0.15, 0.2) is 24.3 Å². The minimum atomic E-state index is -0.122. The van der Waals surface area contributed by atoms with E-state index in [2.05, 4.69) is 0 Å². The molecule has 1 aliphatic carbocycles. The van der Waals surface area contributed by atoms with Gasteiger partial charge in [-0.05, 0) is 12.8 Å². The molecule has 2 amide bonds. The first kappa shape index (κ1) is 11.1. The first-order valence-electron chi connectivity index (χ1n) is 5.61. The Bertz CT molecular complexity index is 334. The van der Waals surface area contributed by atoms with Gasteiger partial charge >= 0.3 is 0 Å². The van der Waals surface area contributed by atoms with Crippen molar-refractivity contribution in [3.63, 3.8) is 0 Å². The Labute approximate surface area is 94.8 Å². The standard InChI is InChI=1S/C12H16N2O2/c13-7-3-4-8-14-11(15)9-5-1-2-6-10(9)12(14)16/h1-4,9-10H,5-8,13H2/b4-3+. The van der Waals surface area contributed by atoms with Gasteiger partial charge in [-0.1, -0.05) is 24.3 Å². The molecule has 0 aromatic carbocycles. The van der Waals surface area contributed by atoms with E-state index in [-0.39, 0.29) is 23.7 Å². The zero-order valence-electron chi connectivity index (χ0n) is 9.13. The maximum absolute atomic E-state index is 12.0. The van der Waals surface area contributed by atoms with Gasteiger partial charge in [0.25, 0.3) is 0 Å². The van der Waals surface area contributed by atoms with Crippen molar-refractivity contribution in [2.24, 2.45) is 17.6 Å². The summed E-state index contributed by atoms with van der Waals surface area (Å²) in [4.78, 5) is 25.3. The molecule has 4 heteroatoms. The molecule has 0 aromatic heterocycles. The number of imide groups is 1. The summed E-state index contributed by atoms with van der Waals surface area (Å²) in [5, 5.41) is 0. The van der Waals surface area contributed by atoms with E-state index in [9.17, 15) is 9.59 Å². The third-order valence-electron chi connectivity index (χ3n) is 3.19. The number of fused-ring (bicyclic) bond motifs is 1. The van der Waals surface area contributed by atoms with Crippen LogP contribution in [0.1, 0.15) is 12.8 Å². The summed E-state index contributed by atoms with van der Waals surface area (Å²) in [5.74, 6) is -0.297. The van der Waals surface area contributed by atoms with Crippen LogP contribution in [-0.2, 0) is 9.59 Å². The fourth-order valence-electron chi connectivity index (χ4n) is 2.33. The zero-order chi connectivity index (χ0) is 11.5. The monoisotopic (exact) mass is 220 g/mol. The Balaban J connectivity index is 2.08. The van der Waals surface area contributed by atoms with Crippen molar-refractivity contribution in [2.45, 2.75) is 12.8 Å². The summed E-state index contributed by atoms with van der Waals surface area (Å²) in [6, 6.07) is 0. The molecule has 0 spiro atoms. The van der Waals surface area contributed by atoms with Crippen LogP contribution in [-0.4, -0.2) is 29.8 Å². The van der Waals surface area contributed by atoms with Crippen molar-refractivity contribution in [1.82, 2.24) is 4.90 Å². The lowest BCUT2D eigenvalue weighted by Crippen LogP contribution is -2.31. The smallest absolute Gasteiger partial charge is 0.233 e. The van der Waals surface area contributed by atoms with E-state index < -0.39 is 0 Å². The summed E-state index contributed by atoms with van der Waals surface area (Å²) in [7, 11) is 0. The van der Waals surface area contributed by atoms with E-state index in [1.165, 1.54) is 4.90 Å². The fraction of sp³-hybridized carbons (Fsp3) is 0.500. The molecule has 1 heterocycles. The maximum Gasteiger partial charge on any atom is 0.233 e. The Morgan fingerprint density at radius 1 is 1.19 bits per heavy atom. The highest BCUT2D eigenvalue weighted by Gasteiger charge is 2.46. The highest BCUT2D eigenvalue weighted by Crippen LogP contribution is 2.34. The second kappa shape index (κ2) is 4.61. The lowest BCUT2D eigenvalue weighted by molar-refractivity contribution is -0.139. The average molecular weight is 220 g/mol. The molecule has 1 saturated heterocycles. The SMILES string of the molecule is NC/C=C/CN1C(=O)C2CC=CCC2C1=O. The van der Waals surface area contributed by atoms with Gasteiger partial charge in [0.1, 0.15) is 0 Å². The number of hydrogen-bond acceptors (Lipinski definition) is 3. The molecule has 86 valence electrons. The largest absolute Gasteiger partial charge is 0.327 e. The number of amides is 2. The number of hydrogen-bond donors (Lipinski definition) is 1. The topological polar surface area (TPSA) is 63.4 Å². The molecule has 2 N–H and O–H groups in total. The number of carbonyl (C=O) groups excluding carboxylic acids is 2. The number of likely N-dealkylation sites (tertiary alicyclic amines) is 1. The van der Waals surface area contributed by atoms with E-state index in [1.54, 1.807) is 12.2 Å². The third kappa shape index (κ3) is 1.80. The number of carbonyl (C=O) groups is 2. The van der Waals surface area contributed by atoms with E-state index in [0.717, 1.165) is 0 Å². The summed E-state index contributed by atoms with van der Waals surface area (Å²) >= 11 is 0. The van der Waals surface area contributed by atoms with Crippen molar-refractivity contribution in [3.8, 4) is 0 Å². The van der Waals surface area contributed by atoms with Gasteiger partial charge in [0.2, 0.25) is 11.8 Å². The molecule has 1 fully saturated rings. The van der Waals surface area contributed by atoms with Crippen molar-refractivity contribution in [1.29, 1.82) is 0 Å². The second-order valence-corrected chi connectivity index (χ2v) is 4.15. The number of nitrogens with two attached hydrogens (primary N) is 1. The van der Waals surface area contributed by atoms with E-state index in [4.69, 9.17) is 5.73 Å². The Hall–Kier alpha value is -1.42. The van der Waals surface area contributed by atoms with Crippen molar-refractivity contribution < 1.29 is 9.59 Å². The van der Waals surface area contributed by atoms with Crippen LogP contribution in [0.5, 0.6) is 0 Å². The lowest BCUT2D eigenvalue weighted by atomic mass is 9.85. The van der Waals surface area contributed by atoms with Crippen LogP contribution >= 0.6 is 0 Å². The van der Waals surface area contributed by atoms with Gasteiger partial charge in [-0.3, -0.25) is 14.5 Å². The Kier molecular flexibility index (Phi) is 3.19. The van der Waals surface area contributed by atoms with Crippen LogP contribution in [0.2, 0.25) is 0 Å². The van der Waals surface area contributed by atoms with Gasteiger partial charge < -0.3 is 5.73 Å². The molecule has 0 radical (unpaired) electrons. The van der Waals surface area contributed by atoms with Gasteiger partial charge in [-0.15, -0.1) is 0 Å². The predicted octanol–water partition coefficient (Wildman–Crippen LogP) is 0.452. The van der Waals surface area contributed by atoms with Gasteiger partial charge in [-0.2, -0.15) is 0 Å². The lowest BCUT2D eigenvalue weighted by Gasteiger charge is -2.14. The first-order valence-corrected chi connectivity index (χ1v) is 5.61. The normalized spacial score (nSPS) is 29.2. The number of rotatable bonds is 3. The van der Waals surface area contributed by atoms with Gasteiger partial charge in [0.05, 0.1) is 11.8 Å². The molecular formula is C12H16N2O2. The van der Waals surface area contributed by atoms with Crippen molar-refractivity contribution >= 4 is 11.8 Å². The molecule has 0 bridgehead atoms. The second-order valence-electron chi connectivity index (χ2n) is 4.15. The van der Waals surface area contributed by atoms with E-state index in [0.29, 0.717) is 25.9 Å².